The van der Waals surface area contributed by atoms with E-state index in [4.69, 9.17) is 5.41 Å². The van der Waals surface area contributed by atoms with Gasteiger partial charge in [0.25, 0.3) is 0 Å². The number of rotatable bonds is 3. The fourth-order valence-corrected chi connectivity index (χ4v) is 3.62. The quantitative estimate of drug-likeness (QED) is 0.543. The monoisotopic (exact) mass is 335 g/mol. The van der Waals surface area contributed by atoms with Gasteiger partial charge in [-0.2, -0.15) is 0 Å². The van der Waals surface area contributed by atoms with Gasteiger partial charge in [0.05, 0.1) is 5.71 Å². The molecule has 4 rings (SSSR count). The molecule has 3 aromatic rings. The van der Waals surface area contributed by atoms with Crippen LogP contribution < -0.4 is 0 Å². The van der Waals surface area contributed by atoms with Gasteiger partial charge >= 0.3 is 0 Å². The molecule has 1 aliphatic rings. The number of hydrogen-bond donors (Lipinski definition) is 1. The molecule has 0 amide bonds. The summed E-state index contributed by atoms with van der Waals surface area (Å²) < 4.78 is 0. The summed E-state index contributed by atoms with van der Waals surface area (Å²) >= 11 is 0. The van der Waals surface area contributed by atoms with E-state index in [1.54, 1.807) is 0 Å². The van der Waals surface area contributed by atoms with E-state index >= 15 is 0 Å². The highest BCUT2D eigenvalue weighted by Gasteiger charge is 2.11. The Kier molecular flexibility index (Phi) is 4.37. The number of fused-ring (bicyclic) bond motifs is 1. The molecule has 0 unspecified atom stereocenters. The third kappa shape index (κ3) is 2.93. The summed E-state index contributed by atoms with van der Waals surface area (Å²) in [6.45, 7) is 2.15. The van der Waals surface area contributed by atoms with Crippen LogP contribution in [0.1, 0.15) is 18.9 Å². The molecule has 0 fully saturated rings. The first kappa shape index (κ1) is 16.3. The molecule has 0 saturated carbocycles. The van der Waals surface area contributed by atoms with Gasteiger partial charge in [-0.15, -0.1) is 0 Å². The van der Waals surface area contributed by atoms with Crippen molar-refractivity contribution in [2.75, 3.05) is 0 Å². The highest BCUT2D eigenvalue weighted by molar-refractivity contribution is 6.14. The maximum absolute atomic E-state index is 8.20. The molecule has 0 spiro atoms. The van der Waals surface area contributed by atoms with E-state index < -0.39 is 0 Å². The minimum atomic E-state index is 0.586. The van der Waals surface area contributed by atoms with E-state index in [1.165, 1.54) is 33.0 Å². The molecule has 0 heterocycles. The molecule has 0 aliphatic heterocycles. The van der Waals surface area contributed by atoms with Crippen molar-refractivity contribution >= 4 is 22.1 Å². The van der Waals surface area contributed by atoms with Gasteiger partial charge in [0.1, 0.15) is 0 Å². The van der Waals surface area contributed by atoms with Crippen molar-refractivity contribution in [1.82, 2.24) is 0 Å². The van der Waals surface area contributed by atoms with Gasteiger partial charge in [0, 0.05) is 5.57 Å². The molecular formula is C25H21N. The van der Waals surface area contributed by atoms with Crippen molar-refractivity contribution in [1.29, 1.82) is 5.41 Å². The van der Waals surface area contributed by atoms with Gasteiger partial charge in [0.15, 0.2) is 0 Å². The molecule has 0 aromatic heterocycles. The lowest BCUT2D eigenvalue weighted by Crippen LogP contribution is -2.02. The number of allylic oxidation sites excluding steroid dienone is 6. The van der Waals surface area contributed by atoms with Crippen molar-refractivity contribution in [3.63, 3.8) is 0 Å². The SMILES string of the molecule is CC/C(=C1/C=CC=CC1=N)c1ccc(-c2cccc3ccccc23)cc1. The minimum absolute atomic E-state index is 0.586. The van der Waals surface area contributed by atoms with Gasteiger partial charge in [0.2, 0.25) is 0 Å². The first-order valence-corrected chi connectivity index (χ1v) is 9.03. The second-order valence-electron chi connectivity index (χ2n) is 6.48. The van der Waals surface area contributed by atoms with Crippen LogP contribution in [0, 0.1) is 5.41 Å². The largest absolute Gasteiger partial charge is 0.300 e. The molecule has 0 atom stereocenters. The van der Waals surface area contributed by atoms with E-state index in [-0.39, 0.29) is 0 Å². The van der Waals surface area contributed by atoms with Crippen molar-refractivity contribution < 1.29 is 0 Å². The van der Waals surface area contributed by atoms with Crippen LogP contribution in [-0.2, 0) is 0 Å². The zero-order valence-electron chi connectivity index (χ0n) is 14.9. The Morgan fingerprint density at radius 3 is 2.31 bits per heavy atom. The second-order valence-corrected chi connectivity index (χ2v) is 6.48. The summed E-state index contributed by atoms with van der Waals surface area (Å²) in [5, 5.41) is 10.7. The van der Waals surface area contributed by atoms with Gasteiger partial charge in [-0.1, -0.05) is 91.9 Å². The molecular weight excluding hydrogens is 314 g/mol. The third-order valence-electron chi connectivity index (χ3n) is 4.94. The topological polar surface area (TPSA) is 23.9 Å². The molecule has 3 aromatic carbocycles. The zero-order chi connectivity index (χ0) is 17.9. The minimum Gasteiger partial charge on any atom is -0.300 e. The van der Waals surface area contributed by atoms with E-state index in [0.29, 0.717) is 5.71 Å². The summed E-state index contributed by atoms with van der Waals surface area (Å²) in [4.78, 5) is 0. The number of nitrogens with one attached hydrogen (secondary N) is 1. The Morgan fingerprint density at radius 2 is 1.54 bits per heavy atom. The highest BCUT2D eigenvalue weighted by atomic mass is 14.4. The smallest absolute Gasteiger partial charge is 0.0615 e. The molecule has 1 heteroatoms. The Bertz CT molecular complexity index is 1060. The molecule has 1 N–H and O–H groups in total. The van der Waals surface area contributed by atoms with E-state index in [9.17, 15) is 0 Å². The lowest BCUT2D eigenvalue weighted by molar-refractivity contribution is 1.23. The van der Waals surface area contributed by atoms with Crippen LogP contribution in [0.3, 0.4) is 0 Å². The first-order chi connectivity index (χ1) is 12.8. The lowest BCUT2D eigenvalue weighted by Gasteiger charge is -2.14. The standard InChI is InChI=1S/C25H21N/c1-2-21(24-11-5-6-13-25(24)26)19-14-16-20(17-15-19)23-12-7-9-18-8-3-4-10-22(18)23/h3-17,26H,2H2,1H3/b24-21+,26-25?. The van der Waals surface area contributed by atoms with Crippen LogP contribution in [0.4, 0.5) is 0 Å². The van der Waals surface area contributed by atoms with Crippen LogP contribution in [0.25, 0.3) is 27.5 Å². The summed E-state index contributed by atoms with van der Waals surface area (Å²) in [5.74, 6) is 0. The molecule has 0 saturated heterocycles. The summed E-state index contributed by atoms with van der Waals surface area (Å²) in [6.07, 6.45) is 8.73. The summed E-state index contributed by atoms with van der Waals surface area (Å²) in [6, 6.07) is 23.7. The summed E-state index contributed by atoms with van der Waals surface area (Å²) in [5.41, 5.74) is 6.50. The van der Waals surface area contributed by atoms with Crippen molar-refractivity contribution in [3.8, 4) is 11.1 Å². The lowest BCUT2D eigenvalue weighted by atomic mass is 9.91. The fourth-order valence-electron chi connectivity index (χ4n) is 3.62. The Balaban J connectivity index is 1.77. The maximum atomic E-state index is 8.20. The first-order valence-electron chi connectivity index (χ1n) is 9.03. The van der Waals surface area contributed by atoms with Crippen LogP contribution in [0.15, 0.2) is 96.6 Å². The van der Waals surface area contributed by atoms with E-state index in [1.807, 2.05) is 24.3 Å². The average molecular weight is 335 g/mol. The Labute approximate surface area is 154 Å². The van der Waals surface area contributed by atoms with Crippen molar-refractivity contribution in [2.45, 2.75) is 13.3 Å². The van der Waals surface area contributed by atoms with E-state index in [2.05, 4.69) is 73.7 Å². The third-order valence-corrected chi connectivity index (χ3v) is 4.94. The molecule has 126 valence electrons. The predicted octanol–water partition coefficient (Wildman–Crippen LogP) is 6.82. The van der Waals surface area contributed by atoms with Crippen LogP contribution in [0.2, 0.25) is 0 Å². The average Bonchev–Trinajstić information content (AvgIpc) is 2.70. The predicted molar refractivity (Wildman–Crippen MR) is 113 cm³/mol. The van der Waals surface area contributed by atoms with Crippen LogP contribution in [-0.4, -0.2) is 5.71 Å². The van der Waals surface area contributed by atoms with Crippen molar-refractivity contribution in [2.24, 2.45) is 0 Å². The number of hydrogen-bond acceptors (Lipinski definition) is 1. The van der Waals surface area contributed by atoms with Gasteiger partial charge in [-0.3, -0.25) is 0 Å². The van der Waals surface area contributed by atoms with E-state index in [0.717, 1.165) is 12.0 Å². The molecule has 0 bridgehead atoms. The summed E-state index contributed by atoms with van der Waals surface area (Å²) in [7, 11) is 0. The number of benzene rings is 3. The van der Waals surface area contributed by atoms with Gasteiger partial charge in [-0.05, 0) is 45.5 Å². The Hall–Kier alpha value is -3.19. The molecule has 26 heavy (non-hydrogen) atoms. The highest BCUT2D eigenvalue weighted by Crippen LogP contribution is 2.31. The Morgan fingerprint density at radius 1 is 0.808 bits per heavy atom. The molecule has 1 nitrogen and oxygen atoms in total. The van der Waals surface area contributed by atoms with Crippen LogP contribution >= 0.6 is 0 Å². The molecule has 1 aliphatic carbocycles. The fraction of sp³-hybridized carbons (Fsp3) is 0.0800. The normalized spacial score (nSPS) is 15.5. The zero-order valence-corrected chi connectivity index (χ0v) is 14.9. The second kappa shape index (κ2) is 6.97. The van der Waals surface area contributed by atoms with Gasteiger partial charge < -0.3 is 5.41 Å². The van der Waals surface area contributed by atoms with Crippen LogP contribution in [0.5, 0.6) is 0 Å². The maximum Gasteiger partial charge on any atom is 0.0615 e. The molecule has 0 radical (unpaired) electrons. The van der Waals surface area contributed by atoms with Crippen molar-refractivity contribution in [3.05, 3.63) is 102 Å². The van der Waals surface area contributed by atoms with Gasteiger partial charge in [-0.25, -0.2) is 0 Å².